The Labute approximate surface area is 146 Å². The summed E-state index contributed by atoms with van der Waals surface area (Å²) in [6.45, 7) is 0. The van der Waals surface area contributed by atoms with E-state index in [9.17, 15) is 4.79 Å². The van der Waals surface area contributed by atoms with Crippen LogP contribution >= 0.6 is 12.2 Å². The van der Waals surface area contributed by atoms with Gasteiger partial charge in [0.25, 0.3) is 0 Å². The Bertz CT molecular complexity index is 814. The van der Waals surface area contributed by atoms with Crippen LogP contribution in [-0.4, -0.2) is 10.9 Å². The molecule has 0 fully saturated rings. The quantitative estimate of drug-likeness (QED) is 0.823. The summed E-state index contributed by atoms with van der Waals surface area (Å²) in [5.74, 6) is 0.406. The number of Topliss-reactive ketones (excluding diaryl/α,β-unsaturated/α-hetero) is 1. The number of benzene rings is 2. The lowest BCUT2D eigenvalue weighted by molar-refractivity contribution is -0.116. The van der Waals surface area contributed by atoms with Crippen molar-refractivity contribution in [1.29, 1.82) is 0 Å². The summed E-state index contributed by atoms with van der Waals surface area (Å²) < 4.78 is 0. The first-order valence-corrected chi connectivity index (χ1v) is 8.57. The van der Waals surface area contributed by atoms with E-state index in [1.165, 1.54) is 5.56 Å². The van der Waals surface area contributed by atoms with Gasteiger partial charge in [0.2, 0.25) is 0 Å². The molecule has 4 rings (SSSR count). The summed E-state index contributed by atoms with van der Waals surface area (Å²) >= 11 is 5.38. The molecule has 4 heteroatoms. The molecule has 0 amide bonds. The molecular formula is C20H18N2OS. The number of allylic oxidation sites excluding steroid dienone is 1. The SMILES string of the molecule is O=C1C[C@@H](c2ccccc2)CC2=C1[C@@H](c1ccccc1)NC(=S)N2. The number of carbonyl (C=O) groups excluding carboxylic acids is 1. The summed E-state index contributed by atoms with van der Waals surface area (Å²) in [5, 5.41) is 7.07. The molecule has 0 saturated heterocycles. The number of thiocarbonyl (C=S) groups is 1. The monoisotopic (exact) mass is 334 g/mol. The Morgan fingerprint density at radius 1 is 0.875 bits per heavy atom. The maximum atomic E-state index is 12.9. The second-order valence-corrected chi connectivity index (χ2v) is 6.68. The third kappa shape index (κ3) is 2.74. The fourth-order valence-electron chi connectivity index (χ4n) is 3.62. The Morgan fingerprint density at radius 2 is 1.50 bits per heavy atom. The van der Waals surface area contributed by atoms with Crippen LogP contribution in [0.4, 0.5) is 0 Å². The van der Waals surface area contributed by atoms with Gasteiger partial charge in [-0.15, -0.1) is 0 Å². The Kier molecular flexibility index (Phi) is 3.90. The van der Waals surface area contributed by atoms with Gasteiger partial charge in [0.1, 0.15) is 0 Å². The topological polar surface area (TPSA) is 41.1 Å². The lowest BCUT2D eigenvalue weighted by Crippen LogP contribution is -2.47. The van der Waals surface area contributed by atoms with E-state index in [1.807, 2.05) is 48.5 Å². The van der Waals surface area contributed by atoms with Crippen LogP contribution in [0.3, 0.4) is 0 Å². The van der Waals surface area contributed by atoms with E-state index in [2.05, 4.69) is 22.8 Å². The predicted molar refractivity (Wildman–Crippen MR) is 98.5 cm³/mol. The Hall–Kier alpha value is -2.46. The first-order chi connectivity index (χ1) is 11.7. The second kappa shape index (κ2) is 6.21. The molecular weight excluding hydrogens is 316 g/mol. The van der Waals surface area contributed by atoms with E-state index >= 15 is 0 Å². The number of hydrogen-bond donors (Lipinski definition) is 2. The molecule has 2 N–H and O–H groups in total. The lowest BCUT2D eigenvalue weighted by atomic mass is 9.78. The van der Waals surface area contributed by atoms with Gasteiger partial charge in [0.05, 0.1) is 6.04 Å². The molecule has 120 valence electrons. The number of hydrogen-bond acceptors (Lipinski definition) is 2. The van der Waals surface area contributed by atoms with E-state index < -0.39 is 0 Å². The molecule has 1 aliphatic heterocycles. The minimum Gasteiger partial charge on any atom is -0.351 e. The van der Waals surface area contributed by atoms with Gasteiger partial charge >= 0.3 is 0 Å². The highest BCUT2D eigenvalue weighted by Gasteiger charge is 2.36. The van der Waals surface area contributed by atoms with E-state index in [0.29, 0.717) is 11.5 Å². The highest BCUT2D eigenvalue weighted by atomic mass is 32.1. The second-order valence-electron chi connectivity index (χ2n) is 6.27. The molecule has 0 spiro atoms. The fourth-order valence-corrected chi connectivity index (χ4v) is 3.86. The normalized spacial score (nSPS) is 23.3. The molecule has 1 aliphatic carbocycles. The molecule has 24 heavy (non-hydrogen) atoms. The fraction of sp³-hybridized carbons (Fsp3) is 0.200. The first-order valence-electron chi connectivity index (χ1n) is 8.16. The van der Waals surface area contributed by atoms with Crippen LogP contribution in [0.25, 0.3) is 0 Å². The summed E-state index contributed by atoms with van der Waals surface area (Å²) in [4.78, 5) is 12.9. The molecule has 0 aromatic heterocycles. The summed E-state index contributed by atoms with van der Waals surface area (Å²) in [7, 11) is 0. The van der Waals surface area contributed by atoms with E-state index in [-0.39, 0.29) is 17.7 Å². The van der Waals surface area contributed by atoms with Crippen molar-refractivity contribution in [1.82, 2.24) is 10.6 Å². The Morgan fingerprint density at radius 3 is 2.17 bits per heavy atom. The molecule has 3 nitrogen and oxygen atoms in total. The van der Waals surface area contributed by atoms with E-state index in [1.54, 1.807) is 0 Å². The van der Waals surface area contributed by atoms with Gasteiger partial charge in [-0.1, -0.05) is 60.7 Å². The van der Waals surface area contributed by atoms with Crippen molar-refractivity contribution in [2.75, 3.05) is 0 Å². The van der Waals surface area contributed by atoms with Gasteiger partial charge in [-0.05, 0) is 35.7 Å². The van der Waals surface area contributed by atoms with Crippen LogP contribution in [0.2, 0.25) is 0 Å². The zero-order valence-electron chi connectivity index (χ0n) is 13.2. The summed E-state index contributed by atoms with van der Waals surface area (Å²) in [5.41, 5.74) is 4.08. The van der Waals surface area contributed by atoms with Crippen LogP contribution in [-0.2, 0) is 4.79 Å². The predicted octanol–water partition coefficient (Wildman–Crippen LogP) is 3.61. The summed E-state index contributed by atoms with van der Waals surface area (Å²) in [6, 6.07) is 20.1. The minimum atomic E-state index is -0.154. The van der Waals surface area contributed by atoms with Gasteiger partial charge in [-0.25, -0.2) is 0 Å². The zero-order chi connectivity index (χ0) is 16.5. The van der Waals surface area contributed by atoms with Gasteiger partial charge < -0.3 is 10.6 Å². The molecule has 2 aromatic rings. The third-order valence-corrected chi connectivity index (χ3v) is 4.96. The molecule has 0 unspecified atom stereocenters. The molecule has 2 atom stereocenters. The van der Waals surface area contributed by atoms with Crippen LogP contribution in [0.1, 0.15) is 35.9 Å². The van der Waals surface area contributed by atoms with Crippen LogP contribution in [0, 0.1) is 0 Å². The van der Waals surface area contributed by atoms with Crippen molar-refractivity contribution in [2.24, 2.45) is 0 Å². The molecule has 2 aromatic carbocycles. The molecule has 2 aliphatic rings. The largest absolute Gasteiger partial charge is 0.351 e. The van der Waals surface area contributed by atoms with Crippen LogP contribution in [0.5, 0.6) is 0 Å². The smallest absolute Gasteiger partial charge is 0.171 e. The summed E-state index contributed by atoms with van der Waals surface area (Å²) in [6.07, 6.45) is 1.36. The third-order valence-electron chi connectivity index (χ3n) is 4.74. The number of carbonyl (C=O) groups is 1. The number of rotatable bonds is 2. The van der Waals surface area contributed by atoms with E-state index in [0.717, 1.165) is 23.3 Å². The van der Waals surface area contributed by atoms with Crippen LogP contribution in [0.15, 0.2) is 71.9 Å². The van der Waals surface area contributed by atoms with Gasteiger partial charge in [-0.2, -0.15) is 0 Å². The van der Waals surface area contributed by atoms with Crippen molar-refractivity contribution in [3.63, 3.8) is 0 Å². The highest BCUT2D eigenvalue weighted by Crippen LogP contribution is 2.39. The minimum absolute atomic E-state index is 0.154. The van der Waals surface area contributed by atoms with Gasteiger partial charge in [0.15, 0.2) is 10.9 Å². The van der Waals surface area contributed by atoms with Crippen molar-refractivity contribution in [3.05, 3.63) is 83.1 Å². The number of nitrogens with one attached hydrogen (secondary N) is 2. The standard InChI is InChI=1S/C20H18N2OS/c23-17-12-15(13-7-3-1-4-8-13)11-16-18(17)19(22-20(24)21-16)14-9-5-2-6-10-14/h1-10,15,19H,11-12H2,(H2,21,22,24)/t15-,19+/m0/s1. The van der Waals surface area contributed by atoms with Crippen LogP contribution < -0.4 is 10.6 Å². The zero-order valence-corrected chi connectivity index (χ0v) is 14.0. The lowest BCUT2D eigenvalue weighted by Gasteiger charge is -2.36. The molecule has 1 heterocycles. The van der Waals surface area contributed by atoms with Gasteiger partial charge in [0, 0.05) is 17.7 Å². The van der Waals surface area contributed by atoms with E-state index in [4.69, 9.17) is 12.2 Å². The number of ketones is 1. The van der Waals surface area contributed by atoms with Crippen molar-refractivity contribution < 1.29 is 4.79 Å². The average molecular weight is 334 g/mol. The van der Waals surface area contributed by atoms with Crippen molar-refractivity contribution >= 4 is 23.1 Å². The highest BCUT2D eigenvalue weighted by molar-refractivity contribution is 7.80. The van der Waals surface area contributed by atoms with Crippen molar-refractivity contribution in [2.45, 2.75) is 24.8 Å². The average Bonchev–Trinajstić information content (AvgIpc) is 2.62. The molecule has 0 radical (unpaired) electrons. The molecule has 0 bridgehead atoms. The first kappa shape index (κ1) is 15.1. The Balaban J connectivity index is 1.72. The maximum Gasteiger partial charge on any atom is 0.171 e. The molecule has 0 saturated carbocycles. The van der Waals surface area contributed by atoms with Crippen molar-refractivity contribution in [3.8, 4) is 0 Å². The van der Waals surface area contributed by atoms with Gasteiger partial charge in [-0.3, -0.25) is 4.79 Å². The maximum absolute atomic E-state index is 12.9.